The fourth-order valence-electron chi connectivity index (χ4n) is 3.72. The third kappa shape index (κ3) is 2.70. The van der Waals surface area contributed by atoms with Crippen molar-refractivity contribution in [1.82, 2.24) is 0 Å². The number of allylic oxidation sites excluding steroid dienone is 4. The van der Waals surface area contributed by atoms with Crippen LogP contribution in [0.15, 0.2) is 72.1 Å². The van der Waals surface area contributed by atoms with Gasteiger partial charge in [-0.05, 0) is 48.6 Å². The molecule has 0 radical (unpaired) electrons. The van der Waals surface area contributed by atoms with Gasteiger partial charge in [0.05, 0.1) is 0 Å². The quantitative estimate of drug-likeness (QED) is 0.571. The maximum atomic E-state index is 2.42. The monoisotopic (exact) mass is 320 g/mol. The Hall–Kier alpha value is -1.65. The lowest BCUT2D eigenvalue weighted by molar-refractivity contribution is 0.762. The van der Waals surface area contributed by atoms with Crippen LogP contribution in [0.25, 0.3) is 5.57 Å². The van der Waals surface area contributed by atoms with Crippen molar-refractivity contribution in [2.45, 2.75) is 39.3 Å². The Morgan fingerprint density at radius 2 is 1.61 bits per heavy atom. The molecule has 0 bridgehead atoms. The van der Waals surface area contributed by atoms with E-state index >= 15 is 0 Å². The van der Waals surface area contributed by atoms with E-state index in [1.807, 2.05) is 0 Å². The molecule has 0 fully saturated rings. The zero-order chi connectivity index (χ0) is 16.4. The van der Waals surface area contributed by atoms with Gasteiger partial charge in [-0.1, -0.05) is 87.5 Å². The first-order chi connectivity index (χ1) is 11.1. The Morgan fingerprint density at radius 1 is 0.957 bits per heavy atom. The summed E-state index contributed by atoms with van der Waals surface area (Å²) in [5.74, 6) is 0. The van der Waals surface area contributed by atoms with Gasteiger partial charge in [-0.3, -0.25) is 0 Å². The van der Waals surface area contributed by atoms with E-state index in [1.165, 1.54) is 22.0 Å². The Bertz CT molecular complexity index is 751. The average Bonchev–Trinajstić information content (AvgIpc) is 2.56. The van der Waals surface area contributed by atoms with Crippen LogP contribution >= 0.6 is 7.92 Å². The minimum absolute atomic E-state index is 0.140. The minimum atomic E-state index is -0.418. The number of hydrogen-bond donors (Lipinski definition) is 0. The van der Waals surface area contributed by atoms with Gasteiger partial charge >= 0.3 is 0 Å². The van der Waals surface area contributed by atoms with Crippen molar-refractivity contribution >= 4 is 18.8 Å². The summed E-state index contributed by atoms with van der Waals surface area (Å²) in [4.78, 5) is 0. The van der Waals surface area contributed by atoms with Crippen LogP contribution in [0.1, 0.15) is 45.2 Å². The molecule has 1 aliphatic heterocycles. The van der Waals surface area contributed by atoms with Gasteiger partial charge in [-0.2, -0.15) is 0 Å². The number of hydrogen-bond acceptors (Lipinski definition) is 0. The topological polar surface area (TPSA) is 0 Å². The molecule has 1 heteroatoms. The highest BCUT2D eigenvalue weighted by atomic mass is 31.1. The van der Waals surface area contributed by atoms with Gasteiger partial charge in [-0.15, -0.1) is 0 Å². The predicted molar refractivity (Wildman–Crippen MR) is 104 cm³/mol. The molecule has 0 saturated heterocycles. The van der Waals surface area contributed by atoms with Gasteiger partial charge in [-0.25, -0.2) is 0 Å². The highest BCUT2D eigenvalue weighted by Crippen LogP contribution is 2.66. The van der Waals surface area contributed by atoms with Gasteiger partial charge in [0.1, 0.15) is 0 Å². The molecule has 1 aliphatic rings. The molecule has 0 saturated carbocycles. The van der Waals surface area contributed by atoms with Crippen molar-refractivity contribution in [3.63, 3.8) is 0 Å². The molecule has 0 aromatic heterocycles. The van der Waals surface area contributed by atoms with Gasteiger partial charge in [0.2, 0.25) is 0 Å². The maximum Gasteiger partial charge on any atom is 0.0184 e. The molecule has 118 valence electrons. The smallest absolute Gasteiger partial charge is 0.0184 e. The predicted octanol–water partition coefficient (Wildman–Crippen LogP) is 6.44. The molecule has 2 aromatic rings. The molecule has 1 unspecified atom stereocenters. The van der Waals surface area contributed by atoms with E-state index in [-0.39, 0.29) is 5.16 Å². The van der Waals surface area contributed by atoms with Crippen LogP contribution in [0.3, 0.4) is 0 Å². The zero-order valence-corrected chi connectivity index (χ0v) is 15.4. The Morgan fingerprint density at radius 3 is 2.26 bits per heavy atom. The molecule has 0 nitrogen and oxygen atoms in total. The van der Waals surface area contributed by atoms with E-state index in [9.17, 15) is 0 Å². The van der Waals surface area contributed by atoms with Crippen molar-refractivity contribution in [2.75, 3.05) is 0 Å². The van der Waals surface area contributed by atoms with Crippen molar-refractivity contribution in [3.8, 4) is 0 Å². The van der Waals surface area contributed by atoms with Crippen LogP contribution < -0.4 is 5.30 Å². The number of rotatable bonds is 3. The summed E-state index contributed by atoms with van der Waals surface area (Å²) in [6.45, 7) is 9.25. The minimum Gasteiger partial charge on any atom is -0.0870 e. The van der Waals surface area contributed by atoms with Crippen LogP contribution in [0.2, 0.25) is 0 Å². The van der Waals surface area contributed by atoms with Gasteiger partial charge in [0.25, 0.3) is 0 Å². The molecule has 1 heterocycles. The number of fused-ring (bicyclic) bond motifs is 1. The summed E-state index contributed by atoms with van der Waals surface area (Å²) in [5.41, 5.74) is 4.47. The number of benzene rings is 2. The van der Waals surface area contributed by atoms with Crippen LogP contribution in [-0.2, 0) is 5.16 Å². The van der Waals surface area contributed by atoms with E-state index in [0.717, 1.165) is 6.42 Å². The SMILES string of the molecule is CC=CC1=C(CC)c2ccccc2C(C)(C)P1c1ccccc1. The van der Waals surface area contributed by atoms with E-state index in [0.29, 0.717) is 0 Å². The zero-order valence-electron chi connectivity index (χ0n) is 14.5. The lowest BCUT2D eigenvalue weighted by Crippen LogP contribution is -2.26. The summed E-state index contributed by atoms with van der Waals surface area (Å²) in [6, 6.07) is 20.1. The third-order valence-corrected chi connectivity index (χ3v) is 7.79. The molecule has 3 rings (SSSR count). The molecule has 23 heavy (non-hydrogen) atoms. The fourth-order valence-corrected chi connectivity index (χ4v) is 7.00. The first-order valence-corrected chi connectivity index (χ1v) is 9.76. The molecule has 0 N–H and O–H groups in total. The average molecular weight is 320 g/mol. The van der Waals surface area contributed by atoms with Crippen molar-refractivity contribution in [1.29, 1.82) is 0 Å². The van der Waals surface area contributed by atoms with Gasteiger partial charge < -0.3 is 0 Å². The van der Waals surface area contributed by atoms with Crippen molar-refractivity contribution in [2.24, 2.45) is 0 Å². The fraction of sp³-hybridized carbons (Fsp3) is 0.273. The lowest BCUT2D eigenvalue weighted by atomic mass is 9.89. The van der Waals surface area contributed by atoms with Gasteiger partial charge in [0.15, 0.2) is 0 Å². The summed E-state index contributed by atoms with van der Waals surface area (Å²) in [5, 5.41) is 3.15. The highest BCUT2D eigenvalue weighted by molar-refractivity contribution is 7.71. The lowest BCUT2D eigenvalue weighted by Gasteiger charge is -2.43. The summed E-state index contributed by atoms with van der Waals surface area (Å²) in [6.07, 6.45) is 5.64. The van der Waals surface area contributed by atoms with Crippen LogP contribution in [0.5, 0.6) is 0 Å². The molecule has 0 amide bonds. The first-order valence-electron chi connectivity index (χ1n) is 8.42. The van der Waals surface area contributed by atoms with Gasteiger partial charge in [0, 0.05) is 5.16 Å². The largest absolute Gasteiger partial charge is 0.0870 e. The van der Waals surface area contributed by atoms with E-state index < -0.39 is 7.92 Å². The van der Waals surface area contributed by atoms with Crippen molar-refractivity contribution < 1.29 is 0 Å². The second-order valence-corrected chi connectivity index (χ2v) is 9.28. The van der Waals surface area contributed by atoms with Crippen LogP contribution in [-0.4, -0.2) is 0 Å². The van der Waals surface area contributed by atoms with E-state index in [2.05, 4.69) is 94.4 Å². The molecule has 0 spiro atoms. The molecule has 1 atom stereocenters. The second-order valence-electron chi connectivity index (χ2n) is 6.49. The second kappa shape index (κ2) is 6.46. The maximum absolute atomic E-state index is 2.42. The van der Waals surface area contributed by atoms with E-state index in [1.54, 1.807) is 5.31 Å². The molecular formula is C22H25P. The standard InChI is InChI=1S/C22H25P/c1-5-12-21-18(6-2)19-15-10-11-16-20(19)22(3,4)23(21)17-13-8-7-9-14-17/h5,7-16H,6H2,1-4H3. The normalized spacial score (nSPS) is 19.9. The molecular weight excluding hydrogens is 295 g/mol. The van der Waals surface area contributed by atoms with Crippen molar-refractivity contribution in [3.05, 3.63) is 83.2 Å². The van der Waals surface area contributed by atoms with E-state index in [4.69, 9.17) is 0 Å². The molecule has 2 aromatic carbocycles. The Labute approximate surface area is 141 Å². The first kappa shape index (κ1) is 16.2. The summed E-state index contributed by atoms with van der Waals surface area (Å²) in [7, 11) is -0.418. The highest BCUT2D eigenvalue weighted by Gasteiger charge is 2.40. The molecule has 0 aliphatic carbocycles. The third-order valence-electron chi connectivity index (χ3n) is 4.71. The Kier molecular flexibility index (Phi) is 4.55. The summed E-state index contributed by atoms with van der Waals surface area (Å²) >= 11 is 0. The summed E-state index contributed by atoms with van der Waals surface area (Å²) < 4.78 is 0. The van der Waals surface area contributed by atoms with Crippen LogP contribution in [0.4, 0.5) is 0 Å². The van der Waals surface area contributed by atoms with Crippen LogP contribution in [0, 0.1) is 0 Å². The Balaban J connectivity index is 2.34.